The lowest BCUT2D eigenvalue weighted by Gasteiger charge is -2.13. The largest absolute Gasteiger partial charge is 0.347 e. The van der Waals surface area contributed by atoms with Gasteiger partial charge in [-0.15, -0.1) is 0 Å². The van der Waals surface area contributed by atoms with E-state index < -0.39 is 0 Å². The molecule has 0 atom stereocenters. The third-order valence-corrected chi connectivity index (χ3v) is 4.22. The second-order valence-electron chi connectivity index (χ2n) is 5.51. The van der Waals surface area contributed by atoms with E-state index in [1.807, 2.05) is 0 Å². The summed E-state index contributed by atoms with van der Waals surface area (Å²) in [7, 11) is 0. The summed E-state index contributed by atoms with van der Waals surface area (Å²) in [5, 5.41) is 1.36. The summed E-state index contributed by atoms with van der Waals surface area (Å²) >= 11 is 0. The van der Waals surface area contributed by atoms with Gasteiger partial charge in [-0.3, -0.25) is 0 Å². The number of hydrogen-bond donors (Lipinski definition) is 1. The maximum Gasteiger partial charge on any atom is 0.0513 e. The molecular formula is C16H22N2. The Kier molecular flexibility index (Phi) is 3.37. The molecule has 0 unspecified atom stereocenters. The fourth-order valence-electron chi connectivity index (χ4n) is 3.32. The van der Waals surface area contributed by atoms with Crippen LogP contribution < -0.4 is 5.73 Å². The predicted molar refractivity (Wildman–Crippen MR) is 76.7 cm³/mol. The van der Waals surface area contributed by atoms with Crippen molar-refractivity contribution < 1.29 is 0 Å². The molecule has 1 aliphatic carbocycles. The average molecular weight is 242 g/mol. The van der Waals surface area contributed by atoms with Gasteiger partial charge in [0.2, 0.25) is 0 Å². The quantitative estimate of drug-likeness (QED) is 0.876. The van der Waals surface area contributed by atoms with Crippen molar-refractivity contribution in [1.82, 2.24) is 4.57 Å². The Morgan fingerprint density at radius 2 is 2.00 bits per heavy atom. The highest BCUT2D eigenvalue weighted by Gasteiger charge is 2.16. The molecule has 3 rings (SSSR count). The van der Waals surface area contributed by atoms with E-state index in [0.29, 0.717) is 0 Å². The van der Waals surface area contributed by atoms with E-state index in [1.165, 1.54) is 48.7 Å². The summed E-state index contributed by atoms with van der Waals surface area (Å²) < 4.78 is 2.45. The Morgan fingerprint density at radius 1 is 1.17 bits per heavy atom. The third kappa shape index (κ3) is 2.17. The smallest absolute Gasteiger partial charge is 0.0513 e. The number of rotatable bonds is 4. The molecule has 2 aromatic rings. The first-order chi connectivity index (χ1) is 8.88. The third-order valence-electron chi connectivity index (χ3n) is 4.22. The molecule has 2 heteroatoms. The summed E-state index contributed by atoms with van der Waals surface area (Å²) in [5.74, 6) is 0.881. The zero-order valence-electron chi connectivity index (χ0n) is 10.9. The lowest BCUT2D eigenvalue weighted by Crippen LogP contribution is -2.09. The Balaban J connectivity index is 1.95. The van der Waals surface area contributed by atoms with E-state index in [9.17, 15) is 0 Å². The van der Waals surface area contributed by atoms with Gasteiger partial charge in [0.25, 0.3) is 0 Å². The van der Waals surface area contributed by atoms with Gasteiger partial charge in [0.15, 0.2) is 0 Å². The standard InChI is InChI=1S/C16H22N2/c17-10-8-14-6-3-7-15-9-11-18(16(14)15)12-13-4-1-2-5-13/h3,6-7,9,11,13H,1-2,4-5,8,10,12,17H2. The highest BCUT2D eigenvalue weighted by atomic mass is 15.0. The van der Waals surface area contributed by atoms with Crippen molar-refractivity contribution in [3.05, 3.63) is 36.0 Å². The van der Waals surface area contributed by atoms with Crippen molar-refractivity contribution in [3.8, 4) is 0 Å². The summed E-state index contributed by atoms with van der Waals surface area (Å²) in [6, 6.07) is 8.82. The van der Waals surface area contributed by atoms with Gasteiger partial charge >= 0.3 is 0 Å². The van der Waals surface area contributed by atoms with Gasteiger partial charge < -0.3 is 10.3 Å². The fourth-order valence-corrected chi connectivity index (χ4v) is 3.32. The molecule has 1 saturated carbocycles. The minimum atomic E-state index is 0.730. The summed E-state index contributed by atoms with van der Waals surface area (Å²) in [6.45, 7) is 1.92. The Hall–Kier alpha value is -1.28. The van der Waals surface area contributed by atoms with E-state index in [4.69, 9.17) is 5.73 Å². The van der Waals surface area contributed by atoms with Crippen LogP contribution in [0.4, 0.5) is 0 Å². The van der Waals surface area contributed by atoms with Crippen LogP contribution in [-0.4, -0.2) is 11.1 Å². The second-order valence-corrected chi connectivity index (χ2v) is 5.51. The SMILES string of the molecule is NCCc1cccc2ccn(CC3CCCC3)c12. The van der Waals surface area contributed by atoms with Crippen LogP contribution in [-0.2, 0) is 13.0 Å². The minimum Gasteiger partial charge on any atom is -0.347 e. The number of fused-ring (bicyclic) bond motifs is 1. The van der Waals surface area contributed by atoms with Crippen LogP contribution in [0.3, 0.4) is 0 Å². The van der Waals surface area contributed by atoms with Crippen LogP contribution in [0.15, 0.2) is 30.5 Å². The maximum absolute atomic E-state index is 5.72. The summed E-state index contributed by atoms with van der Waals surface area (Å²) in [4.78, 5) is 0. The van der Waals surface area contributed by atoms with Crippen molar-refractivity contribution in [3.63, 3.8) is 0 Å². The molecule has 0 amide bonds. The van der Waals surface area contributed by atoms with Crippen molar-refractivity contribution in [2.24, 2.45) is 11.7 Å². The first-order valence-corrected chi connectivity index (χ1v) is 7.15. The lowest BCUT2D eigenvalue weighted by atomic mass is 10.1. The van der Waals surface area contributed by atoms with Gasteiger partial charge in [-0.1, -0.05) is 31.0 Å². The Labute approximate surface area is 109 Å². The van der Waals surface area contributed by atoms with Gasteiger partial charge in [-0.2, -0.15) is 0 Å². The molecule has 0 aliphatic heterocycles. The highest BCUT2D eigenvalue weighted by molar-refractivity contribution is 5.83. The van der Waals surface area contributed by atoms with Crippen molar-refractivity contribution in [2.75, 3.05) is 6.54 Å². The van der Waals surface area contributed by atoms with Gasteiger partial charge in [0, 0.05) is 12.7 Å². The van der Waals surface area contributed by atoms with Crippen LogP contribution in [0.1, 0.15) is 31.2 Å². The lowest BCUT2D eigenvalue weighted by molar-refractivity contribution is 0.465. The van der Waals surface area contributed by atoms with Crippen LogP contribution in [0.5, 0.6) is 0 Å². The van der Waals surface area contributed by atoms with Gasteiger partial charge in [0.05, 0.1) is 5.52 Å². The molecule has 1 heterocycles. The molecule has 0 saturated heterocycles. The molecule has 2 N–H and O–H groups in total. The Morgan fingerprint density at radius 3 is 2.78 bits per heavy atom. The van der Waals surface area contributed by atoms with Gasteiger partial charge in [-0.25, -0.2) is 0 Å². The molecule has 1 aliphatic rings. The van der Waals surface area contributed by atoms with Crippen molar-refractivity contribution in [2.45, 2.75) is 38.6 Å². The minimum absolute atomic E-state index is 0.730. The fraction of sp³-hybridized carbons (Fsp3) is 0.500. The highest BCUT2D eigenvalue weighted by Crippen LogP contribution is 2.29. The number of nitrogens with zero attached hydrogens (tertiary/aromatic N) is 1. The number of benzene rings is 1. The number of nitrogens with two attached hydrogens (primary N) is 1. The number of para-hydroxylation sites is 1. The molecule has 0 bridgehead atoms. The van der Waals surface area contributed by atoms with Gasteiger partial charge in [0.1, 0.15) is 0 Å². The molecule has 18 heavy (non-hydrogen) atoms. The Bertz CT molecular complexity index is 521. The molecule has 0 radical (unpaired) electrons. The molecule has 1 fully saturated rings. The van der Waals surface area contributed by atoms with Crippen molar-refractivity contribution >= 4 is 10.9 Å². The summed E-state index contributed by atoms with van der Waals surface area (Å²) in [6.07, 6.45) is 8.87. The van der Waals surface area contributed by atoms with Crippen molar-refractivity contribution in [1.29, 1.82) is 0 Å². The zero-order chi connectivity index (χ0) is 12.4. The molecule has 1 aromatic heterocycles. The van der Waals surface area contributed by atoms with E-state index in [-0.39, 0.29) is 0 Å². The van der Waals surface area contributed by atoms with Crippen LogP contribution in [0.25, 0.3) is 10.9 Å². The molecule has 0 spiro atoms. The van der Waals surface area contributed by atoms with E-state index in [0.717, 1.165) is 18.9 Å². The average Bonchev–Trinajstić information content (AvgIpc) is 3.01. The van der Waals surface area contributed by atoms with E-state index in [1.54, 1.807) is 0 Å². The number of hydrogen-bond acceptors (Lipinski definition) is 1. The van der Waals surface area contributed by atoms with Crippen LogP contribution >= 0.6 is 0 Å². The maximum atomic E-state index is 5.72. The summed E-state index contributed by atoms with van der Waals surface area (Å²) in [5.41, 5.74) is 8.54. The number of aromatic nitrogens is 1. The van der Waals surface area contributed by atoms with Crippen LogP contribution in [0.2, 0.25) is 0 Å². The molecule has 96 valence electrons. The predicted octanol–water partition coefficient (Wildman–Crippen LogP) is 3.33. The first kappa shape index (κ1) is 11.8. The monoisotopic (exact) mass is 242 g/mol. The topological polar surface area (TPSA) is 30.9 Å². The zero-order valence-corrected chi connectivity index (χ0v) is 10.9. The molecular weight excluding hydrogens is 220 g/mol. The second kappa shape index (κ2) is 5.15. The first-order valence-electron chi connectivity index (χ1n) is 7.15. The van der Waals surface area contributed by atoms with Crippen LogP contribution in [0, 0.1) is 5.92 Å². The molecule has 2 nitrogen and oxygen atoms in total. The van der Waals surface area contributed by atoms with Gasteiger partial charge in [-0.05, 0) is 48.7 Å². The normalized spacial score (nSPS) is 16.7. The molecule has 1 aromatic carbocycles. The van der Waals surface area contributed by atoms with E-state index in [2.05, 4.69) is 35.0 Å². The van der Waals surface area contributed by atoms with E-state index >= 15 is 0 Å².